The Labute approximate surface area is 160 Å². The molecule has 0 amide bonds. The predicted molar refractivity (Wildman–Crippen MR) is 113 cm³/mol. The van der Waals surface area contributed by atoms with Crippen molar-refractivity contribution in [1.29, 1.82) is 0 Å². The summed E-state index contributed by atoms with van der Waals surface area (Å²) in [5, 5.41) is 3.58. The van der Waals surface area contributed by atoms with Gasteiger partial charge in [-0.3, -0.25) is 0 Å². The average Bonchev–Trinajstić information content (AvgIpc) is 2.48. The zero-order chi connectivity index (χ0) is 15.6. The van der Waals surface area contributed by atoms with Gasteiger partial charge in [0.15, 0.2) is 0 Å². The summed E-state index contributed by atoms with van der Waals surface area (Å²) < 4.78 is 1.34. The molecule has 1 saturated heterocycles. The molecule has 126 valence electrons. The van der Waals surface area contributed by atoms with Gasteiger partial charge in [-0.2, -0.15) is 0 Å². The number of nitrogens with one attached hydrogen (secondary N) is 1. The van der Waals surface area contributed by atoms with Crippen LogP contribution in [0.1, 0.15) is 84.5 Å². The third-order valence-electron chi connectivity index (χ3n) is 5.02. The Hall–Kier alpha value is 1.42. The molecule has 0 radical (unpaired) electrons. The minimum atomic E-state index is 0.544. The summed E-state index contributed by atoms with van der Waals surface area (Å²) in [5.74, 6) is 0.940. The fourth-order valence-corrected chi connectivity index (χ4v) is 5.80. The first-order chi connectivity index (χ1) is 10.1. The third kappa shape index (κ3) is 7.23. The molecule has 0 saturated carbocycles. The molecule has 0 aromatic rings. The van der Waals surface area contributed by atoms with Crippen LogP contribution in [0.4, 0.5) is 0 Å². The van der Waals surface area contributed by atoms with Crippen molar-refractivity contribution >= 4 is 45.2 Å². The molecule has 0 spiro atoms. The van der Waals surface area contributed by atoms with Crippen LogP contribution < -0.4 is 5.32 Å². The maximum Gasteiger partial charge on any atom is 0.0392 e. The highest BCUT2D eigenvalue weighted by Gasteiger charge is 2.42. The minimum absolute atomic E-state index is 0.544. The molecule has 1 aliphatic heterocycles. The number of hydrogen-bond donors (Lipinski definition) is 1. The van der Waals surface area contributed by atoms with Crippen molar-refractivity contribution in [3.63, 3.8) is 0 Å². The SMILES string of the molecule is CCCCCCCC(CCCCC)C1(I)CCNCC1I. The first kappa shape index (κ1) is 20.5. The van der Waals surface area contributed by atoms with Crippen molar-refractivity contribution in [2.24, 2.45) is 5.92 Å². The van der Waals surface area contributed by atoms with Crippen molar-refractivity contribution in [3.8, 4) is 0 Å². The molecule has 0 bridgehead atoms. The highest BCUT2D eigenvalue weighted by Crippen LogP contribution is 2.45. The van der Waals surface area contributed by atoms with Gasteiger partial charge >= 0.3 is 0 Å². The molecule has 0 aromatic heterocycles. The number of unbranched alkanes of at least 4 members (excludes halogenated alkanes) is 6. The molecule has 21 heavy (non-hydrogen) atoms. The molecule has 3 unspecified atom stereocenters. The summed E-state index contributed by atoms with van der Waals surface area (Å²) in [6, 6.07) is 0. The summed E-state index contributed by atoms with van der Waals surface area (Å²) in [7, 11) is 0. The number of halogens is 2. The molecule has 1 aliphatic rings. The van der Waals surface area contributed by atoms with Crippen LogP contribution in [0, 0.1) is 5.92 Å². The highest BCUT2D eigenvalue weighted by molar-refractivity contribution is 14.1. The van der Waals surface area contributed by atoms with Crippen LogP contribution >= 0.6 is 45.2 Å². The lowest BCUT2D eigenvalue weighted by molar-refractivity contribution is 0.284. The molecular formula is C18H35I2N. The normalized spacial score (nSPS) is 27.7. The molecule has 0 aliphatic carbocycles. The van der Waals surface area contributed by atoms with Crippen LogP contribution in [0.3, 0.4) is 0 Å². The Kier molecular flexibility index (Phi) is 11.6. The number of hydrogen-bond acceptors (Lipinski definition) is 1. The van der Waals surface area contributed by atoms with E-state index in [0.29, 0.717) is 3.42 Å². The maximum absolute atomic E-state index is 3.58. The van der Waals surface area contributed by atoms with E-state index in [1.165, 1.54) is 83.7 Å². The Morgan fingerprint density at radius 3 is 2.19 bits per heavy atom. The van der Waals surface area contributed by atoms with E-state index in [0.717, 1.165) is 9.84 Å². The molecule has 1 heterocycles. The van der Waals surface area contributed by atoms with Gasteiger partial charge in [0.05, 0.1) is 0 Å². The van der Waals surface area contributed by atoms with Gasteiger partial charge in [-0.1, -0.05) is 110 Å². The lowest BCUT2D eigenvalue weighted by Gasteiger charge is -2.43. The first-order valence-electron chi connectivity index (χ1n) is 9.18. The number of alkyl halides is 2. The lowest BCUT2D eigenvalue weighted by Crippen LogP contribution is -2.51. The quantitative estimate of drug-likeness (QED) is 0.186. The molecule has 1 N–H and O–H groups in total. The number of rotatable bonds is 11. The lowest BCUT2D eigenvalue weighted by atomic mass is 9.78. The van der Waals surface area contributed by atoms with Gasteiger partial charge in [0, 0.05) is 13.9 Å². The molecule has 0 aromatic carbocycles. The van der Waals surface area contributed by atoms with Gasteiger partial charge in [-0.25, -0.2) is 0 Å². The van der Waals surface area contributed by atoms with Crippen LogP contribution in [0.2, 0.25) is 0 Å². The van der Waals surface area contributed by atoms with E-state index >= 15 is 0 Å². The van der Waals surface area contributed by atoms with Gasteiger partial charge in [0.1, 0.15) is 0 Å². The minimum Gasteiger partial charge on any atom is -0.316 e. The van der Waals surface area contributed by atoms with Gasteiger partial charge in [0.2, 0.25) is 0 Å². The van der Waals surface area contributed by atoms with Crippen LogP contribution in [0.25, 0.3) is 0 Å². The van der Waals surface area contributed by atoms with Crippen molar-refractivity contribution in [1.82, 2.24) is 5.32 Å². The van der Waals surface area contributed by atoms with E-state index in [-0.39, 0.29) is 0 Å². The Morgan fingerprint density at radius 1 is 1.00 bits per heavy atom. The van der Waals surface area contributed by atoms with Crippen molar-refractivity contribution in [3.05, 3.63) is 0 Å². The largest absolute Gasteiger partial charge is 0.316 e. The summed E-state index contributed by atoms with van der Waals surface area (Å²) in [4.78, 5) is 0. The average molecular weight is 519 g/mol. The fraction of sp³-hybridized carbons (Fsp3) is 1.00. The second-order valence-corrected chi connectivity index (χ2v) is 10.3. The first-order valence-corrected chi connectivity index (χ1v) is 11.5. The van der Waals surface area contributed by atoms with E-state index in [1.807, 2.05) is 0 Å². The second kappa shape index (κ2) is 11.9. The standard InChI is InChI=1S/C18H35I2N/c1-3-5-7-8-10-12-16(11-9-6-4-2)18(20)13-14-21-15-17(18)19/h16-17,21H,3-15H2,1-2H3. The highest BCUT2D eigenvalue weighted by atomic mass is 127. The van der Waals surface area contributed by atoms with Crippen LogP contribution in [-0.4, -0.2) is 20.4 Å². The summed E-state index contributed by atoms with van der Waals surface area (Å²) in [5.41, 5.74) is 0. The third-order valence-corrected chi connectivity index (χ3v) is 9.94. The van der Waals surface area contributed by atoms with E-state index in [4.69, 9.17) is 0 Å². The molecule has 3 atom stereocenters. The van der Waals surface area contributed by atoms with Gasteiger partial charge < -0.3 is 5.32 Å². The summed E-state index contributed by atoms with van der Waals surface area (Å²) in [6.07, 6.45) is 15.7. The van der Waals surface area contributed by atoms with Crippen molar-refractivity contribution in [2.45, 2.75) is 91.8 Å². The Bertz CT molecular complexity index is 260. The van der Waals surface area contributed by atoms with Crippen molar-refractivity contribution in [2.75, 3.05) is 13.1 Å². The smallest absolute Gasteiger partial charge is 0.0392 e. The molecule has 3 heteroatoms. The maximum atomic E-state index is 3.58. The van der Waals surface area contributed by atoms with E-state index in [9.17, 15) is 0 Å². The monoisotopic (exact) mass is 519 g/mol. The zero-order valence-electron chi connectivity index (χ0n) is 14.1. The molecule has 1 fully saturated rings. The summed E-state index contributed by atoms with van der Waals surface area (Å²) in [6.45, 7) is 7.07. The molecule has 1 rings (SSSR count). The second-order valence-electron chi connectivity index (χ2n) is 6.74. The van der Waals surface area contributed by atoms with Crippen LogP contribution in [-0.2, 0) is 0 Å². The van der Waals surface area contributed by atoms with Gasteiger partial charge in [-0.05, 0) is 31.7 Å². The molecular weight excluding hydrogens is 484 g/mol. The fourth-order valence-electron chi connectivity index (χ4n) is 3.55. The predicted octanol–water partition coefficient (Wildman–Crippen LogP) is 6.51. The summed E-state index contributed by atoms with van der Waals surface area (Å²) >= 11 is 5.57. The van der Waals surface area contributed by atoms with Gasteiger partial charge in [-0.15, -0.1) is 0 Å². The van der Waals surface area contributed by atoms with Crippen LogP contribution in [0.5, 0.6) is 0 Å². The van der Waals surface area contributed by atoms with Crippen molar-refractivity contribution < 1.29 is 0 Å². The zero-order valence-corrected chi connectivity index (χ0v) is 18.4. The van der Waals surface area contributed by atoms with E-state index in [1.54, 1.807) is 0 Å². The molecule has 1 nitrogen and oxygen atoms in total. The van der Waals surface area contributed by atoms with Gasteiger partial charge in [0.25, 0.3) is 0 Å². The Morgan fingerprint density at radius 2 is 1.57 bits per heavy atom. The number of piperidine rings is 1. The Balaban J connectivity index is 2.49. The van der Waals surface area contributed by atoms with E-state index < -0.39 is 0 Å². The topological polar surface area (TPSA) is 12.0 Å². The van der Waals surface area contributed by atoms with Crippen LogP contribution in [0.15, 0.2) is 0 Å². The van der Waals surface area contributed by atoms with E-state index in [2.05, 4.69) is 64.3 Å².